The fourth-order valence-corrected chi connectivity index (χ4v) is 5.10. The molecular formula is C27H38N4O2. The van der Waals surface area contributed by atoms with Crippen molar-refractivity contribution in [1.82, 2.24) is 14.8 Å². The summed E-state index contributed by atoms with van der Waals surface area (Å²) < 4.78 is 0. The Hall–Kier alpha value is -2.44. The monoisotopic (exact) mass is 450 g/mol. The van der Waals surface area contributed by atoms with E-state index in [1.54, 1.807) is 6.20 Å². The SMILES string of the molecule is CCCc1cc(C)ccc1N1CCN(C[C@@](C)(O)c2ccc(C(=O)N3CCCC3)cn2)CC1. The van der Waals surface area contributed by atoms with Gasteiger partial charge in [-0.15, -0.1) is 0 Å². The molecule has 0 spiro atoms. The van der Waals surface area contributed by atoms with E-state index in [-0.39, 0.29) is 5.91 Å². The first kappa shape index (κ1) is 23.7. The van der Waals surface area contributed by atoms with Crippen LogP contribution in [-0.2, 0) is 12.0 Å². The number of aliphatic hydroxyl groups is 1. The van der Waals surface area contributed by atoms with Crippen molar-refractivity contribution in [2.24, 2.45) is 0 Å². The molecular weight excluding hydrogens is 412 g/mol. The van der Waals surface area contributed by atoms with Gasteiger partial charge >= 0.3 is 0 Å². The summed E-state index contributed by atoms with van der Waals surface area (Å²) in [5.74, 6) is 0.0425. The van der Waals surface area contributed by atoms with Crippen molar-refractivity contribution in [3.8, 4) is 0 Å². The number of β-amino-alcohol motifs (C(OH)–C–C–N with tert-alkyl or cyclic N) is 1. The molecule has 0 unspecified atom stereocenters. The molecule has 1 amide bonds. The molecule has 178 valence electrons. The Kier molecular flexibility index (Phi) is 7.35. The molecule has 0 radical (unpaired) electrons. The quantitative estimate of drug-likeness (QED) is 0.698. The first-order valence-corrected chi connectivity index (χ1v) is 12.4. The predicted octanol–water partition coefficient (Wildman–Crippen LogP) is 3.61. The van der Waals surface area contributed by atoms with Crippen molar-refractivity contribution in [1.29, 1.82) is 0 Å². The fraction of sp³-hybridized carbons (Fsp3) is 0.556. The molecule has 2 aromatic rings. The topological polar surface area (TPSA) is 59.9 Å². The summed E-state index contributed by atoms with van der Waals surface area (Å²) in [7, 11) is 0. The van der Waals surface area contributed by atoms with Gasteiger partial charge in [-0.2, -0.15) is 0 Å². The number of anilines is 1. The van der Waals surface area contributed by atoms with Gasteiger partial charge in [-0.05, 0) is 56.9 Å². The maximum Gasteiger partial charge on any atom is 0.255 e. The van der Waals surface area contributed by atoms with E-state index in [1.165, 1.54) is 16.8 Å². The van der Waals surface area contributed by atoms with Crippen LogP contribution in [0.4, 0.5) is 5.69 Å². The second kappa shape index (κ2) is 10.2. The van der Waals surface area contributed by atoms with Crippen LogP contribution in [0.2, 0.25) is 0 Å². The van der Waals surface area contributed by atoms with Crippen molar-refractivity contribution in [3.63, 3.8) is 0 Å². The van der Waals surface area contributed by atoms with E-state index in [2.05, 4.69) is 46.8 Å². The maximum atomic E-state index is 12.6. The molecule has 0 bridgehead atoms. The highest BCUT2D eigenvalue weighted by atomic mass is 16.3. The molecule has 1 atom stereocenters. The smallest absolute Gasteiger partial charge is 0.255 e. The Morgan fingerprint density at radius 1 is 1.06 bits per heavy atom. The largest absolute Gasteiger partial charge is 0.382 e. The van der Waals surface area contributed by atoms with E-state index < -0.39 is 5.60 Å². The van der Waals surface area contributed by atoms with Crippen LogP contribution < -0.4 is 4.90 Å². The van der Waals surface area contributed by atoms with Crippen LogP contribution in [0.3, 0.4) is 0 Å². The minimum Gasteiger partial charge on any atom is -0.382 e. The molecule has 2 aliphatic rings. The number of aryl methyl sites for hydroxylation is 2. The van der Waals surface area contributed by atoms with Gasteiger partial charge in [-0.3, -0.25) is 14.7 Å². The predicted molar refractivity (Wildman–Crippen MR) is 133 cm³/mol. The molecule has 2 fully saturated rings. The number of piperazine rings is 1. The van der Waals surface area contributed by atoms with Crippen LogP contribution in [-0.4, -0.2) is 71.6 Å². The molecule has 1 aromatic heterocycles. The van der Waals surface area contributed by atoms with Crippen LogP contribution >= 0.6 is 0 Å². The van der Waals surface area contributed by atoms with E-state index in [0.29, 0.717) is 17.8 Å². The summed E-state index contributed by atoms with van der Waals surface area (Å²) in [6.07, 6.45) is 6.02. The van der Waals surface area contributed by atoms with Crippen molar-refractivity contribution in [3.05, 3.63) is 58.9 Å². The highest BCUT2D eigenvalue weighted by Gasteiger charge is 2.30. The standard InChI is InChI=1S/C27H38N4O2/c1-4-7-22-18-21(2)8-10-24(22)30-16-14-29(15-17-30)20-27(3,33)25-11-9-23(19-28-25)26(32)31-12-5-6-13-31/h8-11,18-19,33H,4-7,12-17,20H2,1-3H3/t27-/m1/s1. The third-order valence-electron chi connectivity index (χ3n) is 6.95. The number of rotatable bonds is 7. The van der Waals surface area contributed by atoms with Crippen molar-refractivity contribution in [2.75, 3.05) is 50.7 Å². The molecule has 33 heavy (non-hydrogen) atoms. The number of hydrogen-bond acceptors (Lipinski definition) is 5. The zero-order valence-electron chi connectivity index (χ0n) is 20.4. The third kappa shape index (κ3) is 5.56. The van der Waals surface area contributed by atoms with Crippen LogP contribution in [0, 0.1) is 6.92 Å². The molecule has 6 heteroatoms. The average molecular weight is 451 g/mol. The number of carbonyl (C=O) groups is 1. The summed E-state index contributed by atoms with van der Waals surface area (Å²) in [4.78, 5) is 23.7. The van der Waals surface area contributed by atoms with Gasteiger partial charge < -0.3 is 14.9 Å². The van der Waals surface area contributed by atoms with Crippen LogP contribution in [0.15, 0.2) is 36.5 Å². The third-order valence-corrected chi connectivity index (χ3v) is 6.95. The first-order chi connectivity index (χ1) is 15.9. The van der Waals surface area contributed by atoms with Gasteiger partial charge in [-0.25, -0.2) is 0 Å². The number of aromatic nitrogens is 1. The molecule has 4 rings (SSSR count). The Morgan fingerprint density at radius 3 is 2.42 bits per heavy atom. The number of carbonyl (C=O) groups excluding carboxylic acids is 1. The van der Waals surface area contributed by atoms with Gasteiger partial charge in [0.2, 0.25) is 0 Å². The molecule has 2 saturated heterocycles. The summed E-state index contributed by atoms with van der Waals surface area (Å²) >= 11 is 0. The lowest BCUT2D eigenvalue weighted by molar-refractivity contribution is 0.0106. The van der Waals surface area contributed by atoms with E-state index in [1.807, 2.05) is 24.0 Å². The average Bonchev–Trinajstić information content (AvgIpc) is 3.35. The van der Waals surface area contributed by atoms with E-state index >= 15 is 0 Å². The van der Waals surface area contributed by atoms with Gasteiger partial charge in [0.15, 0.2) is 0 Å². The Balaban J connectivity index is 1.35. The number of nitrogens with zero attached hydrogens (tertiary/aromatic N) is 4. The first-order valence-electron chi connectivity index (χ1n) is 12.4. The molecule has 1 aromatic carbocycles. The zero-order chi connectivity index (χ0) is 23.4. The van der Waals surface area contributed by atoms with Crippen LogP contribution in [0.5, 0.6) is 0 Å². The van der Waals surface area contributed by atoms with E-state index in [4.69, 9.17) is 0 Å². The number of hydrogen-bond donors (Lipinski definition) is 1. The summed E-state index contributed by atoms with van der Waals surface area (Å²) in [5, 5.41) is 11.2. The maximum absolute atomic E-state index is 12.6. The van der Waals surface area contributed by atoms with Crippen LogP contribution in [0.1, 0.15) is 60.3 Å². The van der Waals surface area contributed by atoms with Crippen molar-refractivity contribution >= 4 is 11.6 Å². The Morgan fingerprint density at radius 2 is 1.79 bits per heavy atom. The summed E-state index contributed by atoms with van der Waals surface area (Å²) in [6.45, 7) is 12.1. The number of amides is 1. The molecule has 2 aliphatic heterocycles. The molecule has 0 aliphatic carbocycles. The fourth-order valence-electron chi connectivity index (χ4n) is 5.10. The van der Waals surface area contributed by atoms with Crippen molar-refractivity contribution in [2.45, 2.75) is 52.1 Å². The molecule has 6 nitrogen and oxygen atoms in total. The van der Waals surface area contributed by atoms with Gasteiger partial charge in [0.1, 0.15) is 5.60 Å². The van der Waals surface area contributed by atoms with Gasteiger partial charge in [0.05, 0.1) is 11.3 Å². The minimum atomic E-state index is -1.06. The highest BCUT2D eigenvalue weighted by Crippen LogP contribution is 2.26. The molecule has 3 heterocycles. The molecule has 0 saturated carbocycles. The van der Waals surface area contributed by atoms with Gasteiger partial charge in [0, 0.05) is 57.7 Å². The second-order valence-electron chi connectivity index (χ2n) is 9.85. The molecule has 1 N–H and O–H groups in total. The van der Waals surface area contributed by atoms with E-state index in [9.17, 15) is 9.90 Å². The minimum absolute atomic E-state index is 0.0425. The summed E-state index contributed by atoms with van der Waals surface area (Å²) in [6, 6.07) is 10.4. The lowest BCUT2D eigenvalue weighted by atomic mass is 9.99. The number of likely N-dealkylation sites (tertiary alicyclic amines) is 1. The normalized spacial score (nSPS) is 19.0. The Labute approximate surface area is 198 Å². The van der Waals surface area contributed by atoms with Gasteiger partial charge in [0.25, 0.3) is 5.91 Å². The zero-order valence-corrected chi connectivity index (χ0v) is 20.4. The van der Waals surface area contributed by atoms with Crippen LogP contribution in [0.25, 0.3) is 0 Å². The Bertz CT molecular complexity index is 943. The van der Waals surface area contributed by atoms with Crippen molar-refractivity contribution < 1.29 is 9.90 Å². The highest BCUT2D eigenvalue weighted by molar-refractivity contribution is 5.94. The lowest BCUT2D eigenvalue weighted by Crippen LogP contribution is -2.50. The number of pyridine rings is 1. The van der Waals surface area contributed by atoms with E-state index in [0.717, 1.165) is 65.0 Å². The van der Waals surface area contributed by atoms with Gasteiger partial charge in [-0.1, -0.05) is 31.0 Å². The summed E-state index contributed by atoms with van der Waals surface area (Å²) in [5.41, 5.74) is 4.27. The lowest BCUT2D eigenvalue weighted by Gasteiger charge is -2.39. The number of benzene rings is 1. The second-order valence-corrected chi connectivity index (χ2v) is 9.85.